The van der Waals surface area contributed by atoms with Gasteiger partial charge in [-0.3, -0.25) is 19.7 Å². The molecule has 12 heteroatoms. The summed E-state index contributed by atoms with van der Waals surface area (Å²) in [6.45, 7) is 0.523. The number of nitrogens with one attached hydrogen (secondary N) is 4. The largest absolute Gasteiger partial charge is 0.497 e. The maximum atomic E-state index is 12.5. The highest BCUT2D eigenvalue weighted by atomic mass is 32.2. The molecule has 6 N–H and O–H groups in total. The van der Waals surface area contributed by atoms with Crippen LogP contribution in [0.1, 0.15) is 15.9 Å². The number of carbonyl (C=O) groups is 3. The maximum Gasteiger partial charge on any atom is 0.252 e. The molecule has 11 nitrogen and oxygen atoms in total. The molecule has 1 saturated heterocycles. The van der Waals surface area contributed by atoms with E-state index in [-0.39, 0.29) is 18.5 Å². The number of carbonyl (C=O) groups excluding carboxylic acids is 3. The topological polar surface area (TPSA) is 153 Å². The van der Waals surface area contributed by atoms with Crippen molar-refractivity contribution in [1.29, 1.82) is 0 Å². The van der Waals surface area contributed by atoms with Crippen LogP contribution in [0.25, 0.3) is 0 Å². The zero-order chi connectivity index (χ0) is 24.1. The van der Waals surface area contributed by atoms with Crippen molar-refractivity contribution in [2.24, 2.45) is 5.73 Å². The normalized spacial score (nSPS) is 20.9. The van der Waals surface area contributed by atoms with Gasteiger partial charge < -0.3 is 35.9 Å². The van der Waals surface area contributed by atoms with E-state index >= 15 is 0 Å². The second-order valence-corrected chi connectivity index (χ2v) is 8.63. The summed E-state index contributed by atoms with van der Waals surface area (Å²) in [6.07, 6.45) is -0.829. The van der Waals surface area contributed by atoms with E-state index in [0.717, 1.165) is 5.56 Å². The van der Waals surface area contributed by atoms with Crippen LogP contribution in [0.5, 0.6) is 17.2 Å². The lowest BCUT2D eigenvalue weighted by molar-refractivity contribution is -0.126. The number of methoxy groups -OCH3 is 1. The quantitative estimate of drug-likeness (QED) is 0.342. The maximum absolute atomic E-state index is 12.5. The molecule has 0 aromatic heterocycles. The summed E-state index contributed by atoms with van der Waals surface area (Å²) in [7, 11) is 1.53. The first-order valence-electron chi connectivity index (χ1n) is 10.5. The molecule has 34 heavy (non-hydrogen) atoms. The fraction of sp³-hybridized carbons (Fsp3) is 0.318. The minimum absolute atomic E-state index is 0.0953. The summed E-state index contributed by atoms with van der Waals surface area (Å²) < 4.78 is 15.7. The molecule has 3 atom stereocenters. The van der Waals surface area contributed by atoms with Crippen molar-refractivity contribution in [2.75, 3.05) is 19.7 Å². The molecule has 2 aliphatic rings. The molecule has 0 spiro atoms. The van der Waals surface area contributed by atoms with Gasteiger partial charge in [0.1, 0.15) is 17.3 Å². The van der Waals surface area contributed by atoms with Gasteiger partial charge in [0.25, 0.3) is 5.91 Å². The van der Waals surface area contributed by atoms with Crippen LogP contribution in [0.4, 0.5) is 0 Å². The fourth-order valence-corrected chi connectivity index (χ4v) is 4.24. The molecular weight excluding hydrogens is 462 g/mol. The number of nitrogens with two attached hydrogens (primary N) is 1. The third kappa shape index (κ3) is 5.71. The van der Waals surface area contributed by atoms with Gasteiger partial charge >= 0.3 is 0 Å². The van der Waals surface area contributed by atoms with Gasteiger partial charge in [0, 0.05) is 12.1 Å². The van der Waals surface area contributed by atoms with Crippen LogP contribution in [0.2, 0.25) is 0 Å². The Morgan fingerprint density at radius 1 is 1.18 bits per heavy atom. The van der Waals surface area contributed by atoms with Crippen LogP contribution in [0.3, 0.4) is 0 Å². The minimum Gasteiger partial charge on any atom is -0.497 e. The lowest BCUT2D eigenvalue weighted by Crippen LogP contribution is -2.70. The number of hydrogen-bond donors (Lipinski definition) is 5. The first-order chi connectivity index (χ1) is 16.4. The van der Waals surface area contributed by atoms with Gasteiger partial charge in [-0.1, -0.05) is 6.07 Å². The third-order valence-electron chi connectivity index (χ3n) is 5.21. The molecule has 2 aromatic carbocycles. The van der Waals surface area contributed by atoms with Gasteiger partial charge in [-0.25, -0.2) is 0 Å². The standard InChI is InChI=1S/C22H25N5O6S/c1-31-14-5-3-13(4-6-14)20(29)25-18-19(23)26-22(27-21(18)30)34-10-17(28)24-9-12-2-7-15-16(8-12)33-11-32-15/h2-8,18-19,22,26H,9-11,23H2,1H3,(H,24,28)(H,25,29)(H,27,30). The number of fused-ring (bicyclic) bond motifs is 1. The Labute approximate surface area is 200 Å². The molecule has 0 bridgehead atoms. The van der Waals surface area contributed by atoms with Gasteiger partial charge in [-0.2, -0.15) is 0 Å². The molecule has 2 aromatic rings. The Bertz CT molecular complexity index is 1070. The zero-order valence-electron chi connectivity index (χ0n) is 18.3. The molecule has 0 aliphatic carbocycles. The van der Waals surface area contributed by atoms with Gasteiger partial charge in [-0.05, 0) is 42.0 Å². The van der Waals surface area contributed by atoms with Crippen molar-refractivity contribution in [2.45, 2.75) is 24.3 Å². The number of benzene rings is 2. The van der Waals surface area contributed by atoms with Crippen LogP contribution in [0.15, 0.2) is 42.5 Å². The Kier molecular flexibility index (Phi) is 7.40. The summed E-state index contributed by atoms with van der Waals surface area (Å²) in [6, 6.07) is 11.0. The van der Waals surface area contributed by atoms with E-state index in [2.05, 4.69) is 21.3 Å². The molecule has 2 heterocycles. The van der Waals surface area contributed by atoms with Crippen LogP contribution in [-0.4, -0.2) is 55.1 Å². The van der Waals surface area contributed by atoms with Crippen molar-refractivity contribution in [3.05, 3.63) is 53.6 Å². The van der Waals surface area contributed by atoms with Crippen LogP contribution >= 0.6 is 11.8 Å². The van der Waals surface area contributed by atoms with Crippen LogP contribution in [-0.2, 0) is 16.1 Å². The van der Waals surface area contributed by atoms with Crippen molar-refractivity contribution in [3.63, 3.8) is 0 Å². The lowest BCUT2D eigenvalue weighted by atomic mass is 10.1. The van der Waals surface area contributed by atoms with Crippen LogP contribution in [0, 0.1) is 0 Å². The zero-order valence-corrected chi connectivity index (χ0v) is 19.1. The van der Waals surface area contributed by atoms with E-state index in [1.807, 2.05) is 12.1 Å². The Morgan fingerprint density at radius 3 is 2.68 bits per heavy atom. The van der Waals surface area contributed by atoms with E-state index in [9.17, 15) is 14.4 Å². The highest BCUT2D eigenvalue weighted by molar-refractivity contribution is 8.00. The lowest BCUT2D eigenvalue weighted by Gasteiger charge is -2.35. The highest BCUT2D eigenvalue weighted by Crippen LogP contribution is 2.32. The van der Waals surface area contributed by atoms with Crippen molar-refractivity contribution in [1.82, 2.24) is 21.3 Å². The molecule has 2 aliphatic heterocycles. The van der Waals surface area contributed by atoms with Gasteiger partial charge in [-0.15, -0.1) is 11.8 Å². The first-order valence-corrected chi connectivity index (χ1v) is 11.5. The van der Waals surface area contributed by atoms with Crippen molar-refractivity contribution < 1.29 is 28.6 Å². The molecule has 0 saturated carbocycles. The van der Waals surface area contributed by atoms with E-state index in [4.69, 9.17) is 19.9 Å². The highest BCUT2D eigenvalue weighted by Gasteiger charge is 2.35. The summed E-state index contributed by atoms with van der Waals surface area (Å²) in [5.74, 6) is 0.961. The van der Waals surface area contributed by atoms with E-state index in [0.29, 0.717) is 29.4 Å². The molecular formula is C22H25N5O6S. The Hall–Kier alpha value is -3.48. The molecule has 0 radical (unpaired) electrons. The van der Waals surface area contributed by atoms with Gasteiger partial charge in [0.2, 0.25) is 18.6 Å². The number of amides is 3. The van der Waals surface area contributed by atoms with Crippen LogP contribution < -0.4 is 41.2 Å². The summed E-state index contributed by atoms with van der Waals surface area (Å²) in [4.78, 5) is 37.2. The average Bonchev–Trinajstić information content (AvgIpc) is 3.31. The second kappa shape index (κ2) is 10.6. The molecule has 4 rings (SSSR count). The number of hydrogen-bond acceptors (Lipinski definition) is 9. The Balaban J connectivity index is 1.21. The monoisotopic (exact) mass is 487 g/mol. The summed E-state index contributed by atoms with van der Waals surface area (Å²) in [5.41, 5.74) is 6.75. The summed E-state index contributed by atoms with van der Waals surface area (Å²) in [5, 5.41) is 11.2. The number of ether oxygens (including phenoxy) is 3. The minimum atomic E-state index is -0.966. The van der Waals surface area contributed by atoms with Gasteiger partial charge in [0.05, 0.1) is 19.0 Å². The predicted molar refractivity (Wildman–Crippen MR) is 124 cm³/mol. The molecule has 1 fully saturated rings. The van der Waals surface area contributed by atoms with Crippen molar-refractivity contribution in [3.8, 4) is 17.2 Å². The molecule has 180 valence electrons. The predicted octanol–water partition coefficient (Wildman–Crippen LogP) is -0.140. The van der Waals surface area contributed by atoms with E-state index < -0.39 is 29.5 Å². The van der Waals surface area contributed by atoms with E-state index in [1.165, 1.54) is 18.9 Å². The summed E-state index contributed by atoms with van der Waals surface area (Å²) >= 11 is 1.18. The smallest absolute Gasteiger partial charge is 0.252 e. The Morgan fingerprint density at radius 2 is 1.94 bits per heavy atom. The number of thioether (sulfide) groups is 1. The van der Waals surface area contributed by atoms with Crippen molar-refractivity contribution >= 4 is 29.5 Å². The van der Waals surface area contributed by atoms with Gasteiger partial charge in [0.15, 0.2) is 11.5 Å². The first kappa shape index (κ1) is 23.7. The molecule has 3 unspecified atom stereocenters. The third-order valence-corrected chi connectivity index (χ3v) is 6.22. The molecule has 3 amide bonds. The average molecular weight is 488 g/mol. The SMILES string of the molecule is COc1ccc(C(=O)NC2C(=O)NC(SCC(=O)NCc3ccc4c(c3)OCO4)NC2N)cc1. The fourth-order valence-electron chi connectivity index (χ4n) is 3.37. The number of rotatable bonds is 8. The second-order valence-electron chi connectivity index (χ2n) is 7.54. The van der Waals surface area contributed by atoms with E-state index in [1.54, 1.807) is 30.3 Å².